The molecule has 34 heavy (non-hydrogen) atoms. The molecule has 1 amide bonds. The molecule has 1 atom stereocenters. The predicted octanol–water partition coefficient (Wildman–Crippen LogP) is 5.09. The highest BCUT2D eigenvalue weighted by atomic mass is 35.5. The predicted molar refractivity (Wildman–Crippen MR) is 117 cm³/mol. The van der Waals surface area contributed by atoms with E-state index in [2.05, 4.69) is 14.8 Å². The summed E-state index contributed by atoms with van der Waals surface area (Å²) in [5.41, 5.74) is 0.765. The average molecular weight is 523 g/mol. The van der Waals surface area contributed by atoms with Crippen LogP contribution in [0.4, 0.5) is 17.6 Å². The second-order valence-corrected chi connectivity index (χ2v) is 10.2. The lowest BCUT2D eigenvalue weighted by atomic mass is 9.85. The Balaban J connectivity index is 1.54. The van der Waals surface area contributed by atoms with Gasteiger partial charge in [-0.25, -0.2) is 17.5 Å². The number of amides is 1. The molecule has 0 saturated heterocycles. The van der Waals surface area contributed by atoms with Crippen LogP contribution in [0.25, 0.3) is 0 Å². The minimum absolute atomic E-state index is 0.162. The number of carbonyl (C=O) groups is 1. The van der Waals surface area contributed by atoms with Crippen LogP contribution in [0.2, 0.25) is 5.02 Å². The summed E-state index contributed by atoms with van der Waals surface area (Å²) >= 11 is 5.75. The molecule has 12 heteroatoms. The third kappa shape index (κ3) is 7.07. The minimum atomic E-state index is -4.95. The Morgan fingerprint density at radius 2 is 1.71 bits per heavy atom. The monoisotopic (exact) mass is 522 g/mol. The summed E-state index contributed by atoms with van der Waals surface area (Å²) in [5.74, 6) is -1.52. The fraction of sp³-hybridized carbons (Fsp3) is 0.409. The zero-order valence-electron chi connectivity index (χ0n) is 18.0. The maximum Gasteiger partial charge on any atom is 0.573 e. The fourth-order valence-electron chi connectivity index (χ4n) is 3.78. The van der Waals surface area contributed by atoms with Crippen LogP contribution in [0.3, 0.4) is 0 Å². The van der Waals surface area contributed by atoms with Gasteiger partial charge in [-0.3, -0.25) is 4.79 Å². The number of hydrogen-bond acceptors (Lipinski definition) is 4. The lowest BCUT2D eigenvalue weighted by Gasteiger charge is -2.29. The van der Waals surface area contributed by atoms with E-state index >= 15 is 0 Å². The standard InChI is InChI=1S/C22H23ClF4N2O4S/c1-13(14-2-6-16(24)7-3-14)28-21(30)15-4-8-17(9-5-15)29-34(31,32)18-10-11-20(19(23)12-18)33-22(25,26)27/h2-3,6-7,10-13,15,17,29H,4-5,8-9H2,1H3,(H,28,30)/t13-,15?,17?/m1/s1. The molecule has 0 radical (unpaired) electrons. The maximum absolute atomic E-state index is 13.1. The van der Waals surface area contributed by atoms with Gasteiger partial charge in [0.05, 0.1) is 16.0 Å². The summed E-state index contributed by atoms with van der Waals surface area (Å²) in [6.45, 7) is 1.79. The van der Waals surface area contributed by atoms with Crippen LogP contribution in [0.1, 0.15) is 44.2 Å². The highest BCUT2D eigenvalue weighted by molar-refractivity contribution is 7.89. The van der Waals surface area contributed by atoms with E-state index in [4.69, 9.17) is 11.6 Å². The van der Waals surface area contributed by atoms with E-state index in [1.807, 2.05) is 0 Å². The lowest BCUT2D eigenvalue weighted by Crippen LogP contribution is -2.41. The van der Waals surface area contributed by atoms with E-state index in [1.54, 1.807) is 19.1 Å². The SMILES string of the molecule is C[C@@H](NC(=O)C1CCC(NS(=O)(=O)c2ccc(OC(F)(F)F)c(Cl)c2)CC1)c1ccc(F)cc1. The molecule has 2 aromatic rings. The normalized spacial score (nSPS) is 19.9. The van der Waals surface area contributed by atoms with Crippen molar-refractivity contribution in [3.8, 4) is 5.75 Å². The van der Waals surface area contributed by atoms with E-state index in [0.717, 1.165) is 23.8 Å². The topological polar surface area (TPSA) is 84.5 Å². The van der Waals surface area contributed by atoms with Crippen molar-refractivity contribution >= 4 is 27.5 Å². The van der Waals surface area contributed by atoms with Gasteiger partial charge in [0.2, 0.25) is 15.9 Å². The molecular formula is C22H23ClF4N2O4S. The molecule has 0 aromatic heterocycles. The Labute approximate surface area is 199 Å². The number of sulfonamides is 1. The van der Waals surface area contributed by atoms with E-state index in [9.17, 15) is 30.8 Å². The van der Waals surface area contributed by atoms with Crippen molar-refractivity contribution in [1.29, 1.82) is 0 Å². The first kappa shape index (κ1) is 26.2. The smallest absolute Gasteiger partial charge is 0.404 e. The summed E-state index contributed by atoms with van der Waals surface area (Å²) in [7, 11) is -4.04. The van der Waals surface area contributed by atoms with E-state index in [0.29, 0.717) is 25.7 Å². The van der Waals surface area contributed by atoms with Gasteiger partial charge in [0.15, 0.2) is 0 Å². The van der Waals surface area contributed by atoms with E-state index in [-0.39, 0.29) is 28.6 Å². The molecule has 2 N–H and O–H groups in total. The van der Waals surface area contributed by atoms with E-state index in [1.165, 1.54) is 12.1 Å². The fourth-order valence-corrected chi connectivity index (χ4v) is 5.40. The van der Waals surface area contributed by atoms with Crippen LogP contribution in [0.15, 0.2) is 47.4 Å². The quantitative estimate of drug-likeness (QED) is 0.496. The number of halogens is 5. The first-order valence-electron chi connectivity index (χ1n) is 10.5. The molecule has 0 spiro atoms. The molecule has 186 valence electrons. The van der Waals surface area contributed by atoms with Gasteiger partial charge in [-0.15, -0.1) is 13.2 Å². The first-order chi connectivity index (χ1) is 15.8. The number of nitrogens with one attached hydrogen (secondary N) is 2. The van der Waals surface area contributed by atoms with Crippen molar-refractivity contribution in [2.45, 2.75) is 55.9 Å². The number of carbonyl (C=O) groups excluding carboxylic acids is 1. The highest BCUT2D eigenvalue weighted by Gasteiger charge is 2.33. The van der Waals surface area contributed by atoms with Gasteiger partial charge < -0.3 is 10.1 Å². The largest absolute Gasteiger partial charge is 0.573 e. The van der Waals surface area contributed by atoms with Gasteiger partial charge >= 0.3 is 6.36 Å². The van der Waals surface area contributed by atoms with Gasteiger partial charge in [-0.05, 0) is 68.5 Å². The van der Waals surface area contributed by atoms with Gasteiger partial charge in [0, 0.05) is 12.0 Å². The Bertz CT molecular complexity index is 1120. The summed E-state index contributed by atoms with van der Waals surface area (Å²) in [6.07, 6.45) is -3.23. The Morgan fingerprint density at radius 3 is 2.26 bits per heavy atom. The molecule has 3 rings (SSSR count). The van der Waals surface area contributed by atoms with E-state index < -0.39 is 33.2 Å². The average Bonchev–Trinajstić information content (AvgIpc) is 2.75. The van der Waals surface area contributed by atoms with Crippen molar-refractivity contribution in [2.24, 2.45) is 5.92 Å². The Kier molecular flexibility index (Phi) is 8.10. The summed E-state index contributed by atoms with van der Waals surface area (Å²) in [4.78, 5) is 12.3. The third-order valence-electron chi connectivity index (χ3n) is 5.59. The van der Waals surface area contributed by atoms with Crippen LogP contribution >= 0.6 is 11.6 Å². The van der Waals surface area contributed by atoms with Crippen molar-refractivity contribution < 1.29 is 35.5 Å². The molecule has 0 bridgehead atoms. The number of benzene rings is 2. The molecule has 0 heterocycles. The van der Waals surface area contributed by atoms with Crippen molar-refractivity contribution in [3.63, 3.8) is 0 Å². The molecule has 2 aromatic carbocycles. The molecule has 1 fully saturated rings. The van der Waals surface area contributed by atoms with Gasteiger partial charge in [-0.1, -0.05) is 23.7 Å². The molecule has 0 unspecified atom stereocenters. The molecular weight excluding hydrogens is 500 g/mol. The molecule has 1 saturated carbocycles. The molecule has 1 aliphatic rings. The summed E-state index contributed by atoms with van der Waals surface area (Å²) in [5, 5.41) is 2.41. The van der Waals surface area contributed by atoms with Crippen LogP contribution in [-0.2, 0) is 14.8 Å². The van der Waals surface area contributed by atoms with Crippen LogP contribution < -0.4 is 14.8 Å². The van der Waals surface area contributed by atoms with Crippen molar-refractivity contribution in [3.05, 3.63) is 58.9 Å². The van der Waals surface area contributed by atoms with Crippen molar-refractivity contribution in [2.75, 3.05) is 0 Å². The van der Waals surface area contributed by atoms with Crippen LogP contribution in [0.5, 0.6) is 5.75 Å². The summed E-state index contributed by atoms with van der Waals surface area (Å²) < 4.78 is 81.8. The zero-order chi connectivity index (χ0) is 25.1. The number of alkyl halides is 3. The van der Waals surface area contributed by atoms with Gasteiger partial charge in [0.1, 0.15) is 11.6 Å². The number of ether oxygens (including phenoxy) is 1. The number of rotatable bonds is 7. The van der Waals surface area contributed by atoms with Crippen LogP contribution in [-0.4, -0.2) is 26.7 Å². The third-order valence-corrected chi connectivity index (χ3v) is 7.40. The second-order valence-electron chi connectivity index (χ2n) is 8.09. The van der Waals surface area contributed by atoms with Gasteiger partial charge in [-0.2, -0.15) is 0 Å². The first-order valence-corrected chi connectivity index (χ1v) is 12.3. The van der Waals surface area contributed by atoms with Gasteiger partial charge in [0.25, 0.3) is 0 Å². The second kappa shape index (κ2) is 10.5. The maximum atomic E-state index is 13.1. The lowest BCUT2D eigenvalue weighted by molar-refractivity contribution is -0.274. The highest BCUT2D eigenvalue weighted by Crippen LogP contribution is 2.32. The van der Waals surface area contributed by atoms with Crippen molar-refractivity contribution in [1.82, 2.24) is 10.0 Å². The summed E-state index contributed by atoms with van der Waals surface area (Å²) in [6, 6.07) is 7.80. The number of hydrogen-bond donors (Lipinski definition) is 2. The molecule has 6 nitrogen and oxygen atoms in total. The minimum Gasteiger partial charge on any atom is -0.404 e. The Hall–Kier alpha value is -2.37. The zero-order valence-corrected chi connectivity index (χ0v) is 19.6. The van der Waals surface area contributed by atoms with Crippen LogP contribution in [0, 0.1) is 11.7 Å². The Morgan fingerprint density at radius 1 is 1.09 bits per heavy atom. The molecule has 1 aliphatic carbocycles. The molecule has 0 aliphatic heterocycles.